The molecule has 0 radical (unpaired) electrons. The summed E-state index contributed by atoms with van der Waals surface area (Å²) in [6.45, 7) is 1.28. The number of rotatable bonds is 7. The Morgan fingerprint density at radius 2 is 1.54 bits per heavy atom. The van der Waals surface area contributed by atoms with E-state index in [9.17, 15) is 13.2 Å². The van der Waals surface area contributed by atoms with Gasteiger partial charge in [-0.25, -0.2) is 18.2 Å². The molecule has 1 aliphatic rings. The minimum Gasteiger partial charge on any atom is -0.387 e. The summed E-state index contributed by atoms with van der Waals surface area (Å²) in [6, 6.07) is 19.4. The van der Waals surface area contributed by atoms with E-state index >= 15 is 0 Å². The maximum atomic E-state index is 13.5. The van der Waals surface area contributed by atoms with E-state index < -0.39 is 10.0 Å². The Labute approximate surface area is 206 Å². The highest BCUT2D eigenvalue weighted by molar-refractivity contribution is 7.89. The smallest absolute Gasteiger partial charge is 0.335 e. The topological polar surface area (TPSA) is 120 Å². The second kappa shape index (κ2) is 10.9. The molecule has 2 amide bonds. The van der Waals surface area contributed by atoms with Crippen molar-refractivity contribution in [3.05, 3.63) is 77.9 Å². The summed E-state index contributed by atoms with van der Waals surface area (Å²) in [6.07, 6.45) is 4.26. The van der Waals surface area contributed by atoms with E-state index in [4.69, 9.17) is 11.1 Å². The molecule has 0 aromatic heterocycles. The van der Waals surface area contributed by atoms with Crippen molar-refractivity contribution < 1.29 is 13.2 Å². The molecule has 1 heterocycles. The Kier molecular flexibility index (Phi) is 7.67. The first-order valence-corrected chi connectivity index (χ1v) is 13.3. The van der Waals surface area contributed by atoms with Gasteiger partial charge in [0.1, 0.15) is 0 Å². The van der Waals surface area contributed by atoms with Crippen LogP contribution in [0.15, 0.2) is 71.6 Å². The monoisotopic (exact) mass is 493 g/mol. The summed E-state index contributed by atoms with van der Waals surface area (Å²) in [7, 11) is -4.00. The summed E-state index contributed by atoms with van der Waals surface area (Å²) in [5.74, 6) is 0.0684. The Balaban J connectivity index is 1.60. The number of nitrogens with one attached hydrogen (secondary N) is 2. The van der Waals surface area contributed by atoms with Crippen LogP contribution < -0.4 is 10.6 Å². The van der Waals surface area contributed by atoms with Gasteiger partial charge >= 0.3 is 6.03 Å². The summed E-state index contributed by atoms with van der Waals surface area (Å²) in [4.78, 5) is 17.8. The Morgan fingerprint density at radius 3 is 2.20 bits per heavy atom. The molecule has 0 atom stereocenters. The van der Waals surface area contributed by atoms with Crippen molar-refractivity contribution in [3.8, 4) is 0 Å². The predicted molar refractivity (Wildman–Crippen MR) is 137 cm³/mol. The van der Waals surface area contributed by atoms with Crippen LogP contribution in [0.2, 0.25) is 0 Å². The van der Waals surface area contributed by atoms with Crippen LogP contribution in [0.25, 0.3) is 10.8 Å². The highest BCUT2D eigenvalue weighted by Gasteiger charge is 2.27. The Hall–Kier alpha value is -3.43. The SMILES string of the molecule is N=C(N)Cc1ccc(CN(NS(=O)(=O)c2ccc3ccccc3c2)C(=O)N2CCCCCC2)cc1. The molecule has 35 heavy (non-hydrogen) atoms. The van der Waals surface area contributed by atoms with E-state index in [-0.39, 0.29) is 23.3 Å². The van der Waals surface area contributed by atoms with Gasteiger partial charge in [0, 0.05) is 19.5 Å². The summed E-state index contributed by atoms with van der Waals surface area (Å²) < 4.78 is 26.7. The van der Waals surface area contributed by atoms with Crippen molar-refractivity contribution in [2.24, 2.45) is 5.73 Å². The third kappa shape index (κ3) is 6.37. The van der Waals surface area contributed by atoms with E-state index in [1.54, 1.807) is 23.1 Å². The van der Waals surface area contributed by atoms with Gasteiger partial charge in [-0.1, -0.05) is 67.4 Å². The van der Waals surface area contributed by atoms with E-state index in [0.29, 0.717) is 19.5 Å². The van der Waals surface area contributed by atoms with Gasteiger partial charge in [0.15, 0.2) is 0 Å². The third-order valence-corrected chi connectivity index (χ3v) is 7.46. The largest absolute Gasteiger partial charge is 0.387 e. The number of amidine groups is 1. The Bertz CT molecular complexity index is 1300. The predicted octanol–water partition coefficient (Wildman–Crippen LogP) is 4.01. The molecule has 4 N–H and O–H groups in total. The van der Waals surface area contributed by atoms with Gasteiger partial charge in [-0.15, -0.1) is 4.83 Å². The Morgan fingerprint density at radius 1 is 0.914 bits per heavy atom. The van der Waals surface area contributed by atoms with Crippen molar-refractivity contribution in [3.63, 3.8) is 0 Å². The molecule has 3 aromatic carbocycles. The zero-order chi connectivity index (χ0) is 24.8. The van der Waals surface area contributed by atoms with Gasteiger partial charge in [-0.3, -0.25) is 5.41 Å². The van der Waals surface area contributed by atoms with Crippen LogP contribution >= 0.6 is 0 Å². The van der Waals surface area contributed by atoms with Crippen LogP contribution in [0, 0.1) is 5.41 Å². The highest BCUT2D eigenvalue weighted by atomic mass is 32.2. The van der Waals surface area contributed by atoms with Gasteiger partial charge < -0.3 is 10.6 Å². The van der Waals surface area contributed by atoms with Gasteiger partial charge in [-0.05, 0) is 46.9 Å². The van der Waals surface area contributed by atoms with Crippen LogP contribution in [-0.4, -0.2) is 43.3 Å². The van der Waals surface area contributed by atoms with Gasteiger partial charge in [0.25, 0.3) is 10.0 Å². The molecule has 1 aliphatic heterocycles. The van der Waals surface area contributed by atoms with Gasteiger partial charge in [0.2, 0.25) is 0 Å². The molecule has 3 aromatic rings. The first-order chi connectivity index (χ1) is 16.8. The highest BCUT2D eigenvalue weighted by Crippen LogP contribution is 2.20. The molecule has 4 rings (SSSR count). The fourth-order valence-electron chi connectivity index (χ4n) is 4.27. The van der Waals surface area contributed by atoms with Crippen molar-refractivity contribution in [1.29, 1.82) is 5.41 Å². The molecule has 0 aliphatic carbocycles. The van der Waals surface area contributed by atoms with Crippen LogP contribution in [-0.2, 0) is 23.0 Å². The first kappa shape index (κ1) is 24.7. The normalized spacial score (nSPS) is 14.5. The second-order valence-corrected chi connectivity index (χ2v) is 10.6. The number of hydrogen-bond acceptors (Lipinski definition) is 4. The number of amides is 2. The minimum absolute atomic E-state index is 0.0684. The average molecular weight is 494 g/mol. The maximum Gasteiger partial charge on any atom is 0.335 e. The number of likely N-dealkylation sites (tertiary alicyclic amines) is 1. The number of hydrogen-bond donors (Lipinski definition) is 3. The van der Waals surface area contributed by atoms with Crippen LogP contribution in [0.1, 0.15) is 36.8 Å². The standard InChI is InChI=1S/C26H31N5O3S/c27-25(28)17-20-9-11-21(12-10-20)19-31(26(32)30-15-5-1-2-6-16-30)29-35(33,34)24-14-13-22-7-3-4-8-23(22)18-24/h3-4,7-14,18,29H,1-2,5-6,15-17,19H2,(H3,27,28). The van der Waals surface area contributed by atoms with Gasteiger partial charge in [-0.2, -0.15) is 0 Å². The number of carbonyl (C=O) groups excluding carboxylic acids is 1. The molecule has 1 saturated heterocycles. The molecular weight excluding hydrogens is 462 g/mol. The lowest BCUT2D eigenvalue weighted by Crippen LogP contribution is -2.51. The number of nitrogens with zero attached hydrogens (tertiary/aromatic N) is 2. The lowest BCUT2D eigenvalue weighted by Gasteiger charge is -2.30. The summed E-state index contributed by atoms with van der Waals surface area (Å²) in [5.41, 5.74) is 7.13. The van der Waals surface area contributed by atoms with Crippen molar-refractivity contribution in [2.75, 3.05) is 13.1 Å². The zero-order valence-electron chi connectivity index (χ0n) is 19.6. The number of carbonyl (C=O) groups is 1. The van der Waals surface area contributed by atoms with Crippen molar-refractivity contribution in [1.82, 2.24) is 14.7 Å². The molecule has 8 nitrogen and oxygen atoms in total. The number of hydrazine groups is 1. The quantitative estimate of drug-likeness (QED) is 0.262. The third-order valence-electron chi connectivity index (χ3n) is 6.13. The fourth-order valence-corrected chi connectivity index (χ4v) is 5.34. The summed E-state index contributed by atoms with van der Waals surface area (Å²) >= 11 is 0. The van der Waals surface area contributed by atoms with Gasteiger partial charge in [0.05, 0.1) is 17.3 Å². The number of benzene rings is 3. The molecule has 0 bridgehead atoms. The molecule has 0 unspecified atom stereocenters. The van der Waals surface area contributed by atoms with Crippen LogP contribution in [0.5, 0.6) is 0 Å². The van der Waals surface area contributed by atoms with Crippen molar-refractivity contribution in [2.45, 2.75) is 43.5 Å². The van der Waals surface area contributed by atoms with E-state index in [1.807, 2.05) is 48.5 Å². The number of fused-ring (bicyclic) bond motifs is 1. The summed E-state index contributed by atoms with van der Waals surface area (Å²) in [5, 5.41) is 10.4. The molecule has 0 spiro atoms. The lowest BCUT2D eigenvalue weighted by atomic mass is 10.1. The van der Waals surface area contributed by atoms with E-state index in [2.05, 4.69) is 4.83 Å². The van der Waals surface area contributed by atoms with Crippen LogP contribution in [0.4, 0.5) is 4.79 Å². The molecular formula is C26H31N5O3S. The number of nitrogens with two attached hydrogens (primary N) is 1. The number of sulfonamides is 1. The first-order valence-electron chi connectivity index (χ1n) is 11.8. The van der Waals surface area contributed by atoms with Crippen molar-refractivity contribution >= 4 is 32.7 Å². The lowest BCUT2D eigenvalue weighted by molar-refractivity contribution is 0.142. The molecule has 184 valence electrons. The molecule has 0 saturated carbocycles. The molecule has 1 fully saturated rings. The average Bonchev–Trinajstić information content (AvgIpc) is 3.13. The van der Waals surface area contributed by atoms with E-state index in [1.165, 1.54) is 5.01 Å². The van der Waals surface area contributed by atoms with E-state index in [0.717, 1.165) is 47.6 Å². The van der Waals surface area contributed by atoms with Crippen LogP contribution in [0.3, 0.4) is 0 Å². The zero-order valence-corrected chi connectivity index (χ0v) is 20.4. The second-order valence-electron chi connectivity index (χ2n) is 8.89. The number of urea groups is 1. The molecule has 9 heteroatoms. The minimum atomic E-state index is -4.00. The fraction of sp³-hybridized carbons (Fsp3) is 0.308. The maximum absolute atomic E-state index is 13.5.